The predicted molar refractivity (Wildman–Crippen MR) is 90.0 cm³/mol. The third-order valence-corrected chi connectivity index (χ3v) is 3.58. The largest absolute Gasteiger partial charge is 0.467 e. The minimum atomic E-state index is -4.51. The summed E-state index contributed by atoms with van der Waals surface area (Å²) < 4.78 is 47.3. The van der Waals surface area contributed by atoms with Gasteiger partial charge in [0.05, 0.1) is 17.9 Å². The average molecular weight is 398 g/mol. The van der Waals surface area contributed by atoms with Crippen LogP contribution in [0.5, 0.6) is 0 Å². The number of furan rings is 1. The molecule has 0 saturated heterocycles. The topological polar surface area (TPSA) is 97.6 Å². The molecule has 0 aliphatic carbocycles. The first kappa shape index (κ1) is 21.0. The second-order valence-electron chi connectivity index (χ2n) is 5.72. The van der Waals surface area contributed by atoms with Crippen LogP contribution in [-0.4, -0.2) is 30.9 Å². The number of benzene rings is 1. The van der Waals surface area contributed by atoms with Crippen molar-refractivity contribution in [1.82, 2.24) is 10.6 Å². The number of nitrogens with one attached hydrogen (secondary N) is 2. The predicted octanol–water partition coefficient (Wildman–Crippen LogP) is 2.45. The van der Waals surface area contributed by atoms with Crippen LogP contribution in [0.1, 0.15) is 34.6 Å². The van der Waals surface area contributed by atoms with E-state index in [1.54, 1.807) is 19.1 Å². The van der Waals surface area contributed by atoms with Gasteiger partial charge in [-0.1, -0.05) is 0 Å². The molecule has 1 heterocycles. The van der Waals surface area contributed by atoms with Gasteiger partial charge in [-0.05, 0) is 43.3 Å². The number of halogens is 3. The normalized spacial score (nSPS) is 12.1. The number of alkyl halides is 3. The Morgan fingerprint density at radius 3 is 2.39 bits per heavy atom. The van der Waals surface area contributed by atoms with E-state index < -0.39 is 48.7 Å². The van der Waals surface area contributed by atoms with Crippen molar-refractivity contribution >= 4 is 17.8 Å². The first-order valence-electron chi connectivity index (χ1n) is 8.10. The van der Waals surface area contributed by atoms with Crippen molar-refractivity contribution in [2.45, 2.75) is 19.1 Å². The highest BCUT2D eigenvalue weighted by Gasteiger charge is 2.30. The lowest BCUT2D eigenvalue weighted by Gasteiger charge is -2.12. The summed E-state index contributed by atoms with van der Waals surface area (Å²) in [6.07, 6.45) is -3.05. The van der Waals surface area contributed by atoms with E-state index in [-0.39, 0.29) is 5.56 Å². The smallest absolute Gasteiger partial charge is 0.416 e. The highest BCUT2D eigenvalue weighted by atomic mass is 19.4. The first-order valence-corrected chi connectivity index (χ1v) is 8.10. The van der Waals surface area contributed by atoms with Gasteiger partial charge < -0.3 is 19.8 Å². The quantitative estimate of drug-likeness (QED) is 0.699. The summed E-state index contributed by atoms with van der Waals surface area (Å²) in [5, 5.41) is 4.76. The van der Waals surface area contributed by atoms with Gasteiger partial charge in [-0.2, -0.15) is 13.2 Å². The maximum atomic E-state index is 12.5. The molecule has 1 atom stereocenters. The molecular formula is C18H17F3N2O5. The Labute approximate surface area is 157 Å². The molecule has 0 aliphatic rings. The highest BCUT2D eigenvalue weighted by Crippen LogP contribution is 2.29. The fraction of sp³-hybridized carbons (Fsp3) is 0.278. The maximum Gasteiger partial charge on any atom is 0.416 e. The fourth-order valence-corrected chi connectivity index (χ4v) is 2.15. The number of hydrogen-bond acceptors (Lipinski definition) is 5. The van der Waals surface area contributed by atoms with Crippen LogP contribution in [0.3, 0.4) is 0 Å². The van der Waals surface area contributed by atoms with Crippen molar-refractivity contribution in [3.05, 3.63) is 59.5 Å². The molecule has 2 rings (SSSR count). The lowest BCUT2D eigenvalue weighted by atomic mass is 10.1. The van der Waals surface area contributed by atoms with Crippen molar-refractivity contribution < 1.29 is 36.7 Å². The zero-order chi connectivity index (χ0) is 20.7. The Balaban J connectivity index is 1.73. The molecule has 2 amide bonds. The molecular weight excluding hydrogens is 381 g/mol. The maximum absolute atomic E-state index is 12.5. The molecule has 2 aromatic rings. The second kappa shape index (κ2) is 9.07. The van der Waals surface area contributed by atoms with Crippen LogP contribution in [-0.2, 0) is 20.5 Å². The van der Waals surface area contributed by atoms with Crippen molar-refractivity contribution in [2.24, 2.45) is 0 Å². The van der Waals surface area contributed by atoms with Gasteiger partial charge in [-0.15, -0.1) is 0 Å². The van der Waals surface area contributed by atoms with E-state index in [0.717, 1.165) is 24.3 Å². The molecule has 0 fully saturated rings. The molecule has 0 bridgehead atoms. The van der Waals surface area contributed by atoms with Crippen LogP contribution >= 0.6 is 0 Å². The lowest BCUT2D eigenvalue weighted by Crippen LogP contribution is -2.34. The summed E-state index contributed by atoms with van der Waals surface area (Å²) in [4.78, 5) is 35.2. The van der Waals surface area contributed by atoms with Gasteiger partial charge in [0.1, 0.15) is 12.3 Å². The Kier molecular flexibility index (Phi) is 6.80. The average Bonchev–Trinajstić information content (AvgIpc) is 3.18. The van der Waals surface area contributed by atoms with Crippen molar-refractivity contribution in [3.8, 4) is 0 Å². The zero-order valence-electron chi connectivity index (χ0n) is 14.7. The van der Waals surface area contributed by atoms with Crippen molar-refractivity contribution in [1.29, 1.82) is 0 Å². The highest BCUT2D eigenvalue weighted by molar-refractivity contribution is 5.96. The van der Waals surface area contributed by atoms with Crippen LogP contribution in [0.4, 0.5) is 13.2 Å². The van der Waals surface area contributed by atoms with E-state index in [2.05, 4.69) is 10.6 Å². The number of amides is 2. The van der Waals surface area contributed by atoms with Crippen LogP contribution in [0.25, 0.3) is 0 Å². The van der Waals surface area contributed by atoms with E-state index in [1.807, 2.05) is 0 Å². The Morgan fingerprint density at radius 2 is 1.82 bits per heavy atom. The number of esters is 1. The molecule has 28 heavy (non-hydrogen) atoms. The standard InChI is InChI=1S/C18H17F3N2O5/c1-11(14-3-2-8-27-14)23-15(24)10-28-16(25)9-22-17(26)12-4-6-13(7-5-12)18(19,20)21/h2-8,11H,9-10H2,1H3,(H,22,26)(H,23,24)/t11-/m0/s1. The van der Waals surface area contributed by atoms with E-state index >= 15 is 0 Å². The molecule has 0 radical (unpaired) electrons. The summed E-state index contributed by atoms with van der Waals surface area (Å²) in [7, 11) is 0. The Morgan fingerprint density at radius 1 is 1.14 bits per heavy atom. The van der Waals surface area contributed by atoms with Gasteiger partial charge in [0, 0.05) is 5.56 Å². The molecule has 1 aromatic heterocycles. The van der Waals surface area contributed by atoms with E-state index in [4.69, 9.17) is 9.15 Å². The van der Waals surface area contributed by atoms with Gasteiger partial charge in [-0.3, -0.25) is 14.4 Å². The number of carbonyl (C=O) groups excluding carboxylic acids is 3. The molecule has 7 nitrogen and oxygen atoms in total. The molecule has 0 aliphatic heterocycles. The zero-order valence-corrected chi connectivity index (χ0v) is 14.7. The second-order valence-corrected chi connectivity index (χ2v) is 5.72. The third-order valence-electron chi connectivity index (χ3n) is 3.58. The van der Waals surface area contributed by atoms with E-state index in [1.165, 1.54) is 6.26 Å². The van der Waals surface area contributed by atoms with Gasteiger partial charge >= 0.3 is 12.1 Å². The van der Waals surface area contributed by atoms with Crippen molar-refractivity contribution in [3.63, 3.8) is 0 Å². The lowest BCUT2D eigenvalue weighted by molar-refractivity contribution is -0.147. The monoisotopic (exact) mass is 398 g/mol. The summed E-state index contributed by atoms with van der Waals surface area (Å²) in [6.45, 7) is 0.587. The van der Waals surface area contributed by atoms with E-state index in [9.17, 15) is 27.6 Å². The van der Waals surface area contributed by atoms with Gasteiger partial charge in [-0.25, -0.2) is 0 Å². The molecule has 0 unspecified atom stereocenters. The number of hydrogen-bond donors (Lipinski definition) is 2. The first-order chi connectivity index (χ1) is 13.2. The molecule has 150 valence electrons. The van der Waals surface area contributed by atoms with Crippen LogP contribution in [0, 0.1) is 0 Å². The van der Waals surface area contributed by atoms with E-state index in [0.29, 0.717) is 5.76 Å². The van der Waals surface area contributed by atoms with Gasteiger partial charge in [0.2, 0.25) is 0 Å². The number of rotatable bonds is 7. The van der Waals surface area contributed by atoms with Crippen LogP contribution in [0.15, 0.2) is 47.1 Å². The number of carbonyl (C=O) groups is 3. The molecule has 0 spiro atoms. The summed E-state index contributed by atoms with van der Waals surface area (Å²) in [6, 6.07) is 6.43. The van der Waals surface area contributed by atoms with Crippen LogP contribution < -0.4 is 10.6 Å². The minimum absolute atomic E-state index is 0.0502. The minimum Gasteiger partial charge on any atom is -0.467 e. The molecule has 2 N–H and O–H groups in total. The summed E-state index contributed by atoms with van der Waals surface area (Å²) in [5.41, 5.74) is -0.941. The fourth-order valence-electron chi connectivity index (χ4n) is 2.15. The van der Waals surface area contributed by atoms with Crippen molar-refractivity contribution in [2.75, 3.05) is 13.2 Å². The molecule has 0 saturated carbocycles. The molecule has 1 aromatic carbocycles. The summed E-state index contributed by atoms with van der Waals surface area (Å²) >= 11 is 0. The summed E-state index contributed by atoms with van der Waals surface area (Å²) in [5.74, 6) is -1.66. The Hall–Kier alpha value is -3.30. The van der Waals surface area contributed by atoms with Gasteiger partial charge in [0.15, 0.2) is 6.61 Å². The SMILES string of the molecule is C[C@H](NC(=O)COC(=O)CNC(=O)c1ccc(C(F)(F)F)cc1)c1ccco1. The molecule has 10 heteroatoms. The van der Waals surface area contributed by atoms with Gasteiger partial charge in [0.25, 0.3) is 11.8 Å². The number of ether oxygens (including phenoxy) is 1. The third kappa shape index (κ3) is 6.15. The van der Waals surface area contributed by atoms with Crippen LogP contribution in [0.2, 0.25) is 0 Å². The Bertz CT molecular complexity index is 817.